The van der Waals surface area contributed by atoms with Gasteiger partial charge in [-0.1, -0.05) is 0 Å². The molecule has 0 spiro atoms. The van der Waals surface area contributed by atoms with Gasteiger partial charge in [0.25, 0.3) is 0 Å². The normalized spacial score (nSPS) is 16.9. The molecule has 0 aromatic heterocycles. The number of hydrogen-bond acceptors (Lipinski definition) is 0. The summed E-state index contributed by atoms with van der Waals surface area (Å²) >= 11 is -3.18. The zero-order valence-corrected chi connectivity index (χ0v) is 17.8. The van der Waals surface area contributed by atoms with E-state index in [0.29, 0.717) is 0 Å². The van der Waals surface area contributed by atoms with Gasteiger partial charge in [-0.15, -0.1) is 24.8 Å². The van der Waals surface area contributed by atoms with Crippen molar-refractivity contribution in [2.24, 2.45) is 0 Å². The molecule has 0 atom stereocenters. The van der Waals surface area contributed by atoms with E-state index in [2.05, 4.69) is 78.3 Å². The predicted octanol–water partition coefficient (Wildman–Crippen LogP) is 4.13. The zero-order valence-electron chi connectivity index (χ0n) is 12.3. The summed E-state index contributed by atoms with van der Waals surface area (Å²) in [5.74, 6) is 0. The molecule has 4 heteroatoms. The molecule has 0 amide bonds. The monoisotopic (exact) mass is 414 g/mol. The van der Waals surface area contributed by atoms with Crippen molar-refractivity contribution >= 4 is 35.0 Å². The standard InChI is InChI=1S/C6H5.2C5H5.CH3.2ClH.H2Si.Zr/c1-2-4-6-5-3-1;2*1-2-4-5-3-1;;;;;/h1-5H;2*1-3H,4H2;1H3;2*1H;1H2;. The summed E-state index contributed by atoms with van der Waals surface area (Å²) in [6.45, 7) is 2.33. The molecular weight excluding hydrogens is 394 g/mol. The molecule has 1 aromatic rings. The Morgan fingerprint density at radius 2 is 1.33 bits per heavy atom. The zero-order chi connectivity index (χ0) is 13.4. The van der Waals surface area contributed by atoms with E-state index in [1.54, 1.807) is 9.83 Å². The van der Waals surface area contributed by atoms with Crippen LogP contribution < -0.4 is 3.27 Å². The van der Waals surface area contributed by atoms with E-state index < -0.39 is 17.4 Å². The van der Waals surface area contributed by atoms with Crippen LogP contribution in [0, 0.1) is 0 Å². The van der Waals surface area contributed by atoms with Crippen molar-refractivity contribution in [2.45, 2.75) is 17.5 Å². The predicted molar refractivity (Wildman–Crippen MR) is 98.7 cm³/mol. The van der Waals surface area contributed by atoms with Crippen LogP contribution in [-0.4, -0.2) is 6.88 Å². The molecule has 0 unspecified atom stereocenters. The summed E-state index contributed by atoms with van der Waals surface area (Å²) in [6, 6.07) is 11.2. The fourth-order valence-corrected chi connectivity index (χ4v) is 19.4. The summed E-state index contributed by atoms with van der Waals surface area (Å²) < 4.78 is 7.63. The molecule has 0 heterocycles. The molecule has 0 radical (unpaired) electrons. The van der Waals surface area contributed by atoms with Crippen molar-refractivity contribution in [1.82, 2.24) is 0 Å². The average Bonchev–Trinajstić information content (AvgIpc) is 3.14. The molecule has 1 aromatic carbocycles. The second-order valence-corrected chi connectivity index (χ2v) is 30.9. The van der Waals surface area contributed by atoms with Crippen molar-refractivity contribution in [1.29, 1.82) is 0 Å². The summed E-state index contributed by atoms with van der Waals surface area (Å²) in [5.41, 5.74) is 0. The molecule has 0 bridgehead atoms. The van der Waals surface area contributed by atoms with Crippen LogP contribution in [0.3, 0.4) is 0 Å². The van der Waals surface area contributed by atoms with Crippen molar-refractivity contribution in [2.75, 3.05) is 0 Å². The van der Waals surface area contributed by atoms with E-state index in [1.807, 2.05) is 0 Å². The van der Waals surface area contributed by atoms with Gasteiger partial charge in [-0.2, -0.15) is 0 Å². The molecule has 3 rings (SSSR count). The van der Waals surface area contributed by atoms with E-state index >= 15 is 0 Å². The van der Waals surface area contributed by atoms with Gasteiger partial charge < -0.3 is 0 Å². The Balaban J connectivity index is 0.00000110. The topological polar surface area (TPSA) is 0 Å². The van der Waals surface area contributed by atoms with E-state index in [4.69, 9.17) is 0 Å². The van der Waals surface area contributed by atoms with Gasteiger partial charge in [-0.25, -0.2) is 0 Å². The van der Waals surface area contributed by atoms with Crippen LogP contribution in [0.2, 0.25) is 4.63 Å². The van der Waals surface area contributed by atoms with Crippen molar-refractivity contribution < 1.29 is 17.4 Å². The molecule has 0 N–H and O–H groups in total. The Labute approximate surface area is 142 Å². The first-order valence-electron chi connectivity index (χ1n) is 6.95. The number of benzene rings is 1. The Morgan fingerprint density at radius 3 is 1.71 bits per heavy atom. The van der Waals surface area contributed by atoms with Crippen LogP contribution in [0.25, 0.3) is 0 Å². The molecule has 0 aliphatic heterocycles. The minimum absolute atomic E-state index is 0. The second kappa shape index (κ2) is 6.96. The summed E-state index contributed by atoms with van der Waals surface area (Å²) in [6.07, 6.45) is 16.2. The quantitative estimate of drug-likeness (QED) is 0.650. The fraction of sp³-hybridized carbons (Fsp3) is 0.176. The molecule has 21 heavy (non-hydrogen) atoms. The van der Waals surface area contributed by atoms with Crippen LogP contribution >= 0.6 is 24.8 Å². The van der Waals surface area contributed by atoms with Crippen LogP contribution in [0.15, 0.2) is 73.3 Å². The first-order chi connectivity index (χ1) is 9.12. The number of halogens is 2. The number of rotatable bonds is 3. The third-order valence-electron chi connectivity index (χ3n) is 4.84. The van der Waals surface area contributed by atoms with Gasteiger partial charge in [0.2, 0.25) is 0 Å². The summed E-state index contributed by atoms with van der Waals surface area (Å²) in [7, 11) is 0. The maximum atomic E-state index is 2.60. The molecule has 0 saturated carbocycles. The average molecular weight is 417 g/mol. The molecule has 112 valence electrons. The van der Waals surface area contributed by atoms with Gasteiger partial charge in [-0.05, 0) is 0 Å². The second-order valence-electron chi connectivity index (χ2n) is 6.02. The third kappa shape index (κ3) is 3.01. The van der Waals surface area contributed by atoms with Gasteiger partial charge >= 0.3 is 118 Å². The van der Waals surface area contributed by atoms with Gasteiger partial charge in [0.15, 0.2) is 0 Å². The van der Waals surface area contributed by atoms with Gasteiger partial charge in [-0.3, -0.25) is 0 Å². The fourth-order valence-electron chi connectivity index (χ4n) is 3.36. The number of allylic oxidation sites excluding steroid dienone is 8. The molecule has 2 aliphatic rings. The van der Waals surface area contributed by atoms with E-state index in [1.165, 1.54) is 0 Å². The molecular formula is C17H22Cl2SiZr. The summed E-state index contributed by atoms with van der Waals surface area (Å²) in [4.78, 5) is 0. The molecule has 0 fully saturated rings. The first kappa shape index (κ1) is 18.9. The summed E-state index contributed by atoms with van der Waals surface area (Å²) in [5, 5.41) is 0. The Morgan fingerprint density at radius 1 is 0.857 bits per heavy atom. The first-order valence-corrected chi connectivity index (χ1v) is 19.0. The van der Waals surface area contributed by atoms with Crippen molar-refractivity contribution in [3.8, 4) is 0 Å². The van der Waals surface area contributed by atoms with E-state index in [0.717, 1.165) is 12.8 Å². The van der Waals surface area contributed by atoms with Crippen LogP contribution in [0.5, 0.6) is 0 Å². The van der Waals surface area contributed by atoms with Crippen molar-refractivity contribution in [3.05, 3.63) is 73.3 Å². The Kier molecular flexibility index (Phi) is 6.27. The van der Waals surface area contributed by atoms with Crippen molar-refractivity contribution in [3.63, 3.8) is 0 Å². The van der Waals surface area contributed by atoms with Gasteiger partial charge in [0.1, 0.15) is 0 Å². The van der Waals surface area contributed by atoms with Crippen LogP contribution in [0.4, 0.5) is 0 Å². The molecule has 0 nitrogen and oxygen atoms in total. The molecule has 2 aliphatic carbocycles. The Bertz CT molecular complexity index is 663. The third-order valence-corrected chi connectivity index (χ3v) is 27.7. The van der Waals surface area contributed by atoms with E-state index in [-0.39, 0.29) is 24.8 Å². The number of hydrogen-bond donors (Lipinski definition) is 0. The minimum atomic E-state index is -3.18. The van der Waals surface area contributed by atoms with Gasteiger partial charge in [0, 0.05) is 0 Å². The SMILES string of the molecule is Cl.Cl.[CH3][Zr](=[SiH2])([C]1=CC=CC1)([C]1=CC=CC1)[c]1ccccc1. The maximum absolute atomic E-state index is 3.18. The molecule has 0 saturated heterocycles. The van der Waals surface area contributed by atoms with Gasteiger partial charge in [0.05, 0.1) is 0 Å². The Hall–Kier alpha value is -0.140. The van der Waals surface area contributed by atoms with Crippen LogP contribution in [0.1, 0.15) is 12.8 Å². The van der Waals surface area contributed by atoms with Crippen LogP contribution in [-0.2, 0) is 17.4 Å². The van der Waals surface area contributed by atoms with E-state index in [9.17, 15) is 0 Å².